The number of rotatable bonds is 5. The van der Waals surface area contributed by atoms with Crippen molar-refractivity contribution in [1.29, 1.82) is 0 Å². The minimum Gasteiger partial charge on any atom is -0.343 e. The number of piperazine rings is 1. The van der Waals surface area contributed by atoms with Crippen LogP contribution in [0.2, 0.25) is 0 Å². The van der Waals surface area contributed by atoms with Gasteiger partial charge in [0.1, 0.15) is 12.1 Å². The van der Waals surface area contributed by atoms with Gasteiger partial charge in [0.05, 0.1) is 0 Å². The summed E-state index contributed by atoms with van der Waals surface area (Å²) in [4.78, 5) is 26.9. The van der Waals surface area contributed by atoms with Crippen LogP contribution in [0.15, 0.2) is 0 Å². The quantitative estimate of drug-likeness (QED) is 0.829. The minimum atomic E-state index is -0.286. The highest BCUT2D eigenvalue weighted by Crippen LogP contribution is 2.29. The molecule has 1 N–H and O–H groups in total. The number of hydrogen-bond donors (Lipinski definition) is 1. The lowest BCUT2D eigenvalue weighted by Gasteiger charge is -2.42. The molecular weight excluding hydrogens is 240 g/mol. The van der Waals surface area contributed by atoms with Crippen molar-refractivity contribution in [2.45, 2.75) is 83.3 Å². The fraction of sp³-hybridized carbons (Fsp3) is 0.867. The fourth-order valence-electron chi connectivity index (χ4n) is 3.43. The number of carbonyl (C=O) groups excluding carboxylic acids is 2. The third-order valence-electron chi connectivity index (χ3n) is 4.37. The second-order valence-electron chi connectivity index (χ2n) is 5.84. The molecule has 2 unspecified atom stereocenters. The van der Waals surface area contributed by atoms with Gasteiger partial charge in [-0.25, -0.2) is 0 Å². The van der Waals surface area contributed by atoms with Crippen LogP contribution in [0.3, 0.4) is 0 Å². The molecule has 4 nitrogen and oxygen atoms in total. The zero-order valence-corrected chi connectivity index (χ0v) is 12.2. The molecule has 1 heterocycles. The predicted molar refractivity (Wildman–Crippen MR) is 74.6 cm³/mol. The van der Waals surface area contributed by atoms with Crippen molar-refractivity contribution in [3.05, 3.63) is 0 Å². The minimum absolute atomic E-state index is 0.0619. The van der Waals surface area contributed by atoms with Gasteiger partial charge in [-0.1, -0.05) is 39.5 Å². The largest absolute Gasteiger partial charge is 0.343 e. The summed E-state index contributed by atoms with van der Waals surface area (Å²) in [6, 6.07) is -0.214. The van der Waals surface area contributed by atoms with E-state index in [-0.39, 0.29) is 23.9 Å². The Bertz CT molecular complexity index is 337. The van der Waals surface area contributed by atoms with E-state index in [0.29, 0.717) is 6.04 Å². The number of hydrogen-bond acceptors (Lipinski definition) is 2. The Balaban J connectivity index is 2.18. The maximum atomic E-state index is 12.6. The third kappa shape index (κ3) is 2.93. The second kappa shape index (κ2) is 6.40. The summed E-state index contributed by atoms with van der Waals surface area (Å²) in [5, 5.41) is 2.93. The molecule has 0 radical (unpaired) electrons. The van der Waals surface area contributed by atoms with Crippen LogP contribution in [-0.4, -0.2) is 34.8 Å². The van der Waals surface area contributed by atoms with Gasteiger partial charge >= 0.3 is 0 Å². The van der Waals surface area contributed by atoms with Crippen LogP contribution < -0.4 is 5.32 Å². The van der Waals surface area contributed by atoms with E-state index in [2.05, 4.69) is 19.2 Å². The van der Waals surface area contributed by atoms with Gasteiger partial charge in [-0.05, 0) is 25.7 Å². The summed E-state index contributed by atoms with van der Waals surface area (Å²) in [6.45, 7) is 4.13. The summed E-state index contributed by atoms with van der Waals surface area (Å²) in [5.74, 6) is 0.221. The van der Waals surface area contributed by atoms with Gasteiger partial charge in [0.2, 0.25) is 11.8 Å². The molecule has 108 valence electrons. The van der Waals surface area contributed by atoms with E-state index in [1.165, 1.54) is 12.8 Å². The second-order valence-corrected chi connectivity index (χ2v) is 5.84. The molecule has 1 saturated heterocycles. The zero-order chi connectivity index (χ0) is 13.8. The van der Waals surface area contributed by atoms with Crippen LogP contribution >= 0.6 is 0 Å². The Morgan fingerprint density at radius 1 is 1.11 bits per heavy atom. The highest BCUT2D eigenvalue weighted by atomic mass is 16.2. The first kappa shape index (κ1) is 14.4. The predicted octanol–water partition coefficient (Wildman–Crippen LogP) is 2.22. The molecule has 0 aromatic carbocycles. The molecule has 1 aliphatic carbocycles. The summed E-state index contributed by atoms with van der Waals surface area (Å²) in [5.41, 5.74) is 0. The van der Waals surface area contributed by atoms with E-state index in [0.717, 1.165) is 38.5 Å². The molecule has 0 spiro atoms. The summed E-state index contributed by atoms with van der Waals surface area (Å²) in [6.07, 6.45) is 7.91. The molecule has 2 rings (SSSR count). The first-order valence-corrected chi connectivity index (χ1v) is 7.81. The van der Waals surface area contributed by atoms with Gasteiger partial charge in [0.15, 0.2) is 0 Å². The van der Waals surface area contributed by atoms with Crippen molar-refractivity contribution in [1.82, 2.24) is 10.2 Å². The van der Waals surface area contributed by atoms with Crippen molar-refractivity contribution in [2.24, 2.45) is 0 Å². The zero-order valence-electron chi connectivity index (χ0n) is 12.2. The van der Waals surface area contributed by atoms with Crippen molar-refractivity contribution in [3.63, 3.8) is 0 Å². The maximum Gasteiger partial charge on any atom is 0.246 e. The van der Waals surface area contributed by atoms with E-state index in [1.54, 1.807) is 0 Å². The average Bonchev–Trinajstić information content (AvgIpc) is 2.90. The van der Waals surface area contributed by atoms with E-state index < -0.39 is 0 Å². The van der Waals surface area contributed by atoms with Crippen LogP contribution in [0, 0.1) is 0 Å². The van der Waals surface area contributed by atoms with Gasteiger partial charge in [-0.2, -0.15) is 0 Å². The molecule has 1 saturated carbocycles. The maximum absolute atomic E-state index is 12.6. The Morgan fingerprint density at radius 3 is 2.32 bits per heavy atom. The van der Waals surface area contributed by atoms with Gasteiger partial charge in [0, 0.05) is 6.04 Å². The highest BCUT2D eigenvalue weighted by molar-refractivity contribution is 5.97. The standard InChI is InChI=1S/C15H26N2O2/c1-3-7-12-15(19)17(11-9-5-6-10-11)13(8-4-2)14(18)16-12/h11-13H,3-10H2,1-2H3,(H,16,18). The summed E-state index contributed by atoms with van der Waals surface area (Å²) < 4.78 is 0. The monoisotopic (exact) mass is 266 g/mol. The van der Waals surface area contributed by atoms with Gasteiger partial charge in [-0.15, -0.1) is 0 Å². The fourth-order valence-corrected chi connectivity index (χ4v) is 3.43. The lowest BCUT2D eigenvalue weighted by molar-refractivity contribution is -0.152. The molecule has 2 amide bonds. The van der Waals surface area contributed by atoms with Gasteiger partial charge < -0.3 is 10.2 Å². The van der Waals surface area contributed by atoms with Crippen molar-refractivity contribution < 1.29 is 9.59 Å². The Kier molecular flexibility index (Phi) is 4.83. The number of nitrogens with zero attached hydrogens (tertiary/aromatic N) is 1. The average molecular weight is 266 g/mol. The topological polar surface area (TPSA) is 49.4 Å². The first-order chi connectivity index (χ1) is 9.19. The van der Waals surface area contributed by atoms with Crippen molar-refractivity contribution >= 4 is 11.8 Å². The number of nitrogens with one attached hydrogen (secondary N) is 1. The van der Waals surface area contributed by atoms with Gasteiger partial charge in [-0.3, -0.25) is 9.59 Å². The molecule has 19 heavy (non-hydrogen) atoms. The lowest BCUT2D eigenvalue weighted by Crippen LogP contribution is -2.65. The SMILES string of the molecule is CCCC1NC(=O)C(CCC)N(C2CCCC2)C1=O. The van der Waals surface area contributed by atoms with E-state index in [1.807, 2.05) is 4.90 Å². The van der Waals surface area contributed by atoms with Crippen LogP contribution in [-0.2, 0) is 9.59 Å². The molecule has 0 aromatic rings. The molecular formula is C15H26N2O2. The molecule has 2 atom stereocenters. The Morgan fingerprint density at radius 2 is 1.74 bits per heavy atom. The molecule has 4 heteroatoms. The molecule has 1 aliphatic heterocycles. The Labute approximate surface area is 115 Å². The number of amides is 2. The van der Waals surface area contributed by atoms with E-state index >= 15 is 0 Å². The number of carbonyl (C=O) groups is 2. The van der Waals surface area contributed by atoms with E-state index in [9.17, 15) is 9.59 Å². The third-order valence-corrected chi connectivity index (χ3v) is 4.37. The summed E-state index contributed by atoms with van der Waals surface area (Å²) in [7, 11) is 0. The van der Waals surface area contributed by atoms with Crippen LogP contribution in [0.4, 0.5) is 0 Å². The molecule has 0 bridgehead atoms. The van der Waals surface area contributed by atoms with Crippen molar-refractivity contribution in [3.8, 4) is 0 Å². The van der Waals surface area contributed by atoms with Crippen LogP contribution in [0.1, 0.15) is 65.2 Å². The van der Waals surface area contributed by atoms with Crippen LogP contribution in [0.5, 0.6) is 0 Å². The van der Waals surface area contributed by atoms with Crippen molar-refractivity contribution in [2.75, 3.05) is 0 Å². The molecule has 2 fully saturated rings. The normalized spacial score (nSPS) is 28.8. The van der Waals surface area contributed by atoms with E-state index in [4.69, 9.17) is 0 Å². The highest BCUT2D eigenvalue weighted by Gasteiger charge is 2.43. The lowest BCUT2D eigenvalue weighted by atomic mass is 9.97. The summed E-state index contributed by atoms with van der Waals surface area (Å²) >= 11 is 0. The smallest absolute Gasteiger partial charge is 0.246 e. The first-order valence-electron chi connectivity index (χ1n) is 7.81. The van der Waals surface area contributed by atoms with Crippen LogP contribution in [0.25, 0.3) is 0 Å². The molecule has 2 aliphatic rings. The molecule has 0 aromatic heterocycles. The Hall–Kier alpha value is -1.06. The van der Waals surface area contributed by atoms with Gasteiger partial charge in [0.25, 0.3) is 0 Å².